The summed E-state index contributed by atoms with van der Waals surface area (Å²) in [5.74, 6) is 0. The Bertz CT molecular complexity index is 573. The van der Waals surface area contributed by atoms with E-state index in [-0.39, 0.29) is 0 Å². The Morgan fingerprint density at radius 2 is 2.14 bits per heavy atom. The molecule has 0 amide bonds. The van der Waals surface area contributed by atoms with Crippen LogP contribution in [0.2, 0.25) is 0 Å². The highest BCUT2D eigenvalue weighted by Gasteiger charge is 2.09. The van der Waals surface area contributed by atoms with Crippen LogP contribution in [0.4, 0.5) is 10.8 Å². The van der Waals surface area contributed by atoms with Crippen molar-refractivity contribution in [1.82, 2.24) is 4.98 Å². The van der Waals surface area contributed by atoms with Gasteiger partial charge in [0.15, 0.2) is 5.13 Å². The molecular weight excluding hydrogens is 280 g/mol. The van der Waals surface area contributed by atoms with Gasteiger partial charge < -0.3 is 10.2 Å². The van der Waals surface area contributed by atoms with Crippen LogP contribution in [0.5, 0.6) is 0 Å². The molecule has 0 saturated carbocycles. The third-order valence-electron chi connectivity index (χ3n) is 3.04. The fraction of sp³-hybridized carbons (Fsp3) is 0.375. The standard InChI is InChI=1S/C16H20N4S/c1-2-10-18-16-19-12-15(21-16)13-20(11-6-9-17)14-7-4-3-5-8-14/h3-5,7-8,12H,2,6,10-11,13H2,1H3,(H,18,19). The van der Waals surface area contributed by atoms with Crippen LogP contribution in [-0.4, -0.2) is 18.1 Å². The summed E-state index contributed by atoms with van der Waals surface area (Å²) in [6, 6.07) is 12.4. The number of benzene rings is 1. The number of anilines is 2. The van der Waals surface area contributed by atoms with Crippen LogP contribution < -0.4 is 10.2 Å². The number of rotatable bonds is 8. The first-order valence-corrected chi connectivity index (χ1v) is 8.00. The SMILES string of the molecule is CCCNc1ncc(CN(CCC#N)c2ccccc2)s1. The first-order chi connectivity index (χ1) is 10.3. The number of aromatic nitrogens is 1. The van der Waals surface area contributed by atoms with Crippen molar-refractivity contribution in [3.05, 3.63) is 41.4 Å². The predicted octanol–water partition coefficient (Wildman–Crippen LogP) is 3.89. The fourth-order valence-corrected chi connectivity index (χ4v) is 2.86. The second-order valence-electron chi connectivity index (χ2n) is 4.72. The molecule has 0 bridgehead atoms. The monoisotopic (exact) mass is 300 g/mol. The lowest BCUT2D eigenvalue weighted by atomic mass is 10.2. The molecule has 0 radical (unpaired) electrons. The second-order valence-corrected chi connectivity index (χ2v) is 5.84. The molecule has 0 aliphatic heterocycles. The number of hydrogen-bond acceptors (Lipinski definition) is 5. The summed E-state index contributed by atoms with van der Waals surface area (Å²) >= 11 is 1.68. The minimum absolute atomic E-state index is 0.522. The van der Waals surface area contributed by atoms with Gasteiger partial charge in [-0.3, -0.25) is 0 Å². The highest BCUT2D eigenvalue weighted by molar-refractivity contribution is 7.15. The van der Waals surface area contributed by atoms with E-state index in [4.69, 9.17) is 5.26 Å². The minimum Gasteiger partial charge on any atom is -0.365 e. The van der Waals surface area contributed by atoms with Crippen molar-refractivity contribution in [2.24, 2.45) is 0 Å². The zero-order valence-electron chi connectivity index (χ0n) is 12.2. The van der Waals surface area contributed by atoms with Gasteiger partial charge in [0.1, 0.15) is 0 Å². The van der Waals surface area contributed by atoms with Gasteiger partial charge in [-0.25, -0.2) is 4.98 Å². The summed E-state index contributed by atoms with van der Waals surface area (Å²) in [5.41, 5.74) is 1.14. The largest absolute Gasteiger partial charge is 0.365 e. The average Bonchev–Trinajstić information content (AvgIpc) is 2.97. The molecule has 110 valence electrons. The molecule has 1 aromatic carbocycles. The molecule has 21 heavy (non-hydrogen) atoms. The van der Waals surface area contributed by atoms with Crippen LogP contribution in [0.15, 0.2) is 36.5 Å². The van der Waals surface area contributed by atoms with Gasteiger partial charge in [0.2, 0.25) is 0 Å². The van der Waals surface area contributed by atoms with Crippen molar-refractivity contribution in [3.8, 4) is 6.07 Å². The summed E-state index contributed by atoms with van der Waals surface area (Å²) < 4.78 is 0. The molecule has 0 aliphatic rings. The summed E-state index contributed by atoms with van der Waals surface area (Å²) in [4.78, 5) is 7.82. The maximum atomic E-state index is 8.83. The van der Waals surface area contributed by atoms with Crippen LogP contribution in [-0.2, 0) is 6.54 Å². The molecule has 1 heterocycles. The molecule has 0 aliphatic carbocycles. The summed E-state index contributed by atoms with van der Waals surface area (Å²) in [6.45, 7) is 4.61. The van der Waals surface area contributed by atoms with Crippen LogP contribution in [0.3, 0.4) is 0 Å². The summed E-state index contributed by atoms with van der Waals surface area (Å²) in [7, 11) is 0. The van der Waals surface area contributed by atoms with E-state index in [1.165, 1.54) is 4.88 Å². The maximum absolute atomic E-state index is 8.83. The van der Waals surface area contributed by atoms with Crippen LogP contribution in [0, 0.1) is 11.3 Å². The van der Waals surface area contributed by atoms with Gasteiger partial charge in [0.05, 0.1) is 19.0 Å². The van der Waals surface area contributed by atoms with E-state index in [2.05, 4.69) is 40.3 Å². The third-order valence-corrected chi connectivity index (χ3v) is 3.98. The number of nitriles is 1. The quantitative estimate of drug-likeness (QED) is 0.803. The lowest BCUT2D eigenvalue weighted by molar-refractivity contribution is 0.805. The Morgan fingerprint density at radius 3 is 2.86 bits per heavy atom. The van der Waals surface area contributed by atoms with Gasteiger partial charge in [-0.15, -0.1) is 11.3 Å². The van der Waals surface area contributed by atoms with Gasteiger partial charge in [-0.05, 0) is 18.6 Å². The number of hydrogen-bond donors (Lipinski definition) is 1. The molecule has 1 N–H and O–H groups in total. The van der Waals surface area contributed by atoms with Gasteiger partial charge in [-0.2, -0.15) is 5.26 Å². The number of thiazole rings is 1. The van der Waals surface area contributed by atoms with Gasteiger partial charge in [0.25, 0.3) is 0 Å². The highest BCUT2D eigenvalue weighted by Crippen LogP contribution is 2.23. The Hall–Kier alpha value is -2.06. The molecule has 0 saturated heterocycles. The van der Waals surface area contributed by atoms with E-state index < -0.39 is 0 Å². The molecule has 2 aromatic rings. The Labute approximate surface area is 130 Å². The lowest BCUT2D eigenvalue weighted by Crippen LogP contribution is -2.23. The van der Waals surface area contributed by atoms with Crippen molar-refractivity contribution >= 4 is 22.2 Å². The molecule has 0 atom stereocenters. The highest BCUT2D eigenvalue weighted by atomic mass is 32.1. The van der Waals surface area contributed by atoms with E-state index in [1.807, 2.05) is 24.4 Å². The Morgan fingerprint density at radius 1 is 1.33 bits per heavy atom. The minimum atomic E-state index is 0.522. The van der Waals surface area contributed by atoms with Gasteiger partial charge in [-0.1, -0.05) is 25.1 Å². The van der Waals surface area contributed by atoms with E-state index in [9.17, 15) is 0 Å². The molecule has 0 fully saturated rings. The number of nitrogens with one attached hydrogen (secondary N) is 1. The summed E-state index contributed by atoms with van der Waals surface area (Å²) in [6.07, 6.45) is 3.53. The van der Waals surface area contributed by atoms with Crippen molar-refractivity contribution in [2.75, 3.05) is 23.3 Å². The normalized spacial score (nSPS) is 10.1. The van der Waals surface area contributed by atoms with Gasteiger partial charge >= 0.3 is 0 Å². The van der Waals surface area contributed by atoms with Crippen molar-refractivity contribution < 1.29 is 0 Å². The molecule has 2 rings (SSSR count). The smallest absolute Gasteiger partial charge is 0.182 e. The lowest BCUT2D eigenvalue weighted by Gasteiger charge is -2.22. The third kappa shape index (κ3) is 4.76. The molecule has 0 spiro atoms. The van der Waals surface area contributed by atoms with Crippen molar-refractivity contribution in [1.29, 1.82) is 5.26 Å². The molecule has 4 nitrogen and oxygen atoms in total. The molecule has 1 aromatic heterocycles. The van der Waals surface area contributed by atoms with E-state index in [0.717, 1.165) is 36.9 Å². The number of para-hydroxylation sites is 1. The van der Waals surface area contributed by atoms with E-state index >= 15 is 0 Å². The zero-order valence-corrected chi connectivity index (χ0v) is 13.1. The van der Waals surface area contributed by atoms with Crippen molar-refractivity contribution in [2.45, 2.75) is 26.3 Å². The van der Waals surface area contributed by atoms with E-state index in [0.29, 0.717) is 6.42 Å². The average molecular weight is 300 g/mol. The maximum Gasteiger partial charge on any atom is 0.182 e. The van der Waals surface area contributed by atoms with Crippen LogP contribution >= 0.6 is 11.3 Å². The molecule has 5 heteroatoms. The molecule has 0 unspecified atom stereocenters. The Kier molecular flexibility index (Phi) is 6.04. The molecular formula is C16H20N4S. The first-order valence-electron chi connectivity index (χ1n) is 7.19. The van der Waals surface area contributed by atoms with Crippen LogP contribution in [0.25, 0.3) is 0 Å². The predicted molar refractivity (Wildman–Crippen MR) is 88.6 cm³/mol. The first kappa shape index (κ1) is 15.3. The zero-order chi connectivity index (χ0) is 14.9. The fourth-order valence-electron chi connectivity index (χ4n) is 2.01. The van der Waals surface area contributed by atoms with Gasteiger partial charge in [0, 0.05) is 29.9 Å². The second kappa shape index (κ2) is 8.28. The van der Waals surface area contributed by atoms with E-state index in [1.54, 1.807) is 11.3 Å². The topological polar surface area (TPSA) is 52.0 Å². The number of nitrogens with zero attached hydrogens (tertiary/aromatic N) is 3. The Balaban J connectivity index is 2.04. The van der Waals surface area contributed by atoms with Crippen LogP contribution in [0.1, 0.15) is 24.6 Å². The van der Waals surface area contributed by atoms with Crippen molar-refractivity contribution in [3.63, 3.8) is 0 Å². The summed E-state index contributed by atoms with van der Waals surface area (Å²) in [5, 5.41) is 13.1.